The zero-order valence-electron chi connectivity index (χ0n) is 4.83. The number of hydrogen-bond donors (Lipinski definition) is 0. The fourth-order valence-electron chi connectivity index (χ4n) is 0.623. The molecule has 0 unspecified atom stereocenters. The van der Waals surface area contributed by atoms with Crippen LogP contribution < -0.4 is 0 Å². The molecule has 0 aromatic heterocycles. The smallest absolute Gasteiger partial charge is 0.184 e. The van der Waals surface area contributed by atoms with Crippen LogP contribution in [0.3, 0.4) is 0 Å². The molecule has 0 amide bonds. The summed E-state index contributed by atoms with van der Waals surface area (Å²) in [7, 11) is 0. The molecule has 9 heavy (non-hydrogen) atoms. The molecule has 2 nitrogen and oxygen atoms in total. The molecule has 1 aromatic carbocycles. The monoisotopic (exact) mass is 122 g/mol. The molecular weight excluding hydrogens is 116 g/mol. The molecule has 0 spiro atoms. The van der Waals surface area contributed by atoms with Crippen molar-refractivity contribution in [1.29, 1.82) is 0 Å². The normalized spacial score (nSPS) is 9.44. The predicted molar refractivity (Wildman–Crippen MR) is 31.0 cm³/mol. The zero-order valence-corrected chi connectivity index (χ0v) is 4.83. The third-order valence-electron chi connectivity index (χ3n) is 1.13. The first-order valence-corrected chi connectivity index (χ1v) is 2.67. The van der Waals surface area contributed by atoms with E-state index in [0.29, 0.717) is 5.56 Å². The minimum atomic E-state index is -0.417. The van der Waals surface area contributed by atoms with E-state index in [9.17, 15) is 10.2 Å². The Morgan fingerprint density at radius 3 is 2.33 bits per heavy atom. The molecule has 2 radical (unpaired) electrons. The molecule has 0 heterocycles. The lowest BCUT2D eigenvalue weighted by molar-refractivity contribution is 0.172. The van der Waals surface area contributed by atoms with Gasteiger partial charge in [-0.2, -0.15) is 0 Å². The van der Waals surface area contributed by atoms with E-state index in [1.165, 1.54) is 6.07 Å². The first kappa shape index (κ1) is 6.11. The van der Waals surface area contributed by atoms with E-state index in [2.05, 4.69) is 0 Å². The summed E-state index contributed by atoms with van der Waals surface area (Å²) in [6.07, 6.45) is 0. The Labute approximate surface area is 53.4 Å². The Hall–Kier alpha value is -1.02. The molecule has 1 rings (SSSR count). The van der Waals surface area contributed by atoms with Crippen molar-refractivity contribution in [3.05, 3.63) is 29.8 Å². The molecule has 46 valence electrons. The van der Waals surface area contributed by atoms with Crippen LogP contribution in [0.4, 0.5) is 0 Å². The van der Waals surface area contributed by atoms with Crippen molar-refractivity contribution in [3.8, 4) is 5.75 Å². The Kier molecular flexibility index (Phi) is 1.70. The second-order valence-corrected chi connectivity index (χ2v) is 1.75. The average molecular weight is 122 g/mol. The quantitative estimate of drug-likeness (QED) is 0.544. The number of rotatable bonds is 1. The van der Waals surface area contributed by atoms with Crippen LogP contribution >= 0.6 is 0 Å². The molecule has 0 atom stereocenters. The SMILES string of the molecule is [O]Cc1ccccc1[O]. The lowest BCUT2D eigenvalue weighted by Crippen LogP contribution is -1.78. The second kappa shape index (κ2) is 2.51. The highest BCUT2D eigenvalue weighted by Gasteiger charge is 1.97. The third kappa shape index (κ3) is 1.21. The summed E-state index contributed by atoms with van der Waals surface area (Å²) in [4.78, 5) is 0. The van der Waals surface area contributed by atoms with Gasteiger partial charge in [0.25, 0.3) is 0 Å². The van der Waals surface area contributed by atoms with Crippen LogP contribution in [0, 0.1) is 0 Å². The van der Waals surface area contributed by atoms with Gasteiger partial charge in [-0.05, 0) is 6.07 Å². The van der Waals surface area contributed by atoms with Gasteiger partial charge in [0, 0.05) is 5.56 Å². The molecule has 2 heteroatoms. The van der Waals surface area contributed by atoms with E-state index in [-0.39, 0.29) is 5.75 Å². The maximum absolute atomic E-state index is 10.7. The highest BCUT2D eigenvalue weighted by Crippen LogP contribution is 2.15. The summed E-state index contributed by atoms with van der Waals surface area (Å²) in [6.45, 7) is -0.417. The summed E-state index contributed by atoms with van der Waals surface area (Å²) >= 11 is 0. The predicted octanol–water partition coefficient (Wildman–Crippen LogP) is 1.76. The molecule has 1 aromatic rings. The Balaban J connectivity index is 3.01. The van der Waals surface area contributed by atoms with E-state index in [0.717, 1.165) is 0 Å². The minimum Gasteiger partial charge on any atom is -0.290 e. The average Bonchev–Trinajstić information content (AvgIpc) is 1.89. The Morgan fingerprint density at radius 2 is 1.89 bits per heavy atom. The lowest BCUT2D eigenvalue weighted by atomic mass is 10.2. The maximum atomic E-state index is 10.7. The molecule has 0 aliphatic rings. The largest absolute Gasteiger partial charge is 0.290 e. The van der Waals surface area contributed by atoms with Gasteiger partial charge in [0.15, 0.2) is 5.75 Å². The standard InChI is InChI=1S/C7H6O2/c8-5-6-3-1-2-4-7(6)9/h1-4H,5H2. The van der Waals surface area contributed by atoms with Crippen LogP contribution in [0.1, 0.15) is 5.56 Å². The second-order valence-electron chi connectivity index (χ2n) is 1.75. The zero-order chi connectivity index (χ0) is 6.69. The van der Waals surface area contributed by atoms with Gasteiger partial charge < -0.3 is 0 Å². The van der Waals surface area contributed by atoms with Gasteiger partial charge in [-0.3, -0.25) is 5.11 Å². The van der Waals surface area contributed by atoms with E-state index < -0.39 is 6.61 Å². The summed E-state index contributed by atoms with van der Waals surface area (Å²) < 4.78 is 0. The van der Waals surface area contributed by atoms with E-state index in [1.54, 1.807) is 18.2 Å². The number of hydrogen-bond acceptors (Lipinski definition) is 0. The van der Waals surface area contributed by atoms with Crippen LogP contribution in [-0.4, -0.2) is 0 Å². The molecular formula is C7H6O2. The summed E-state index contributed by atoms with van der Waals surface area (Å²) in [6, 6.07) is 6.26. The highest BCUT2D eigenvalue weighted by atomic mass is 16.3. The van der Waals surface area contributed by atoms with Gasteiger partial charge in [0.2, 0.25) is 0 Å². The van der Waals surface area contributed by atoms with Crippen LogP contribution in [-0.2, 0) is 16.8 Å². The van der Waals surface area contributed by atoms with Crippen molar-refractivity contribution in [2.45, 2.75) is 6.61 Å². The summed E-state index contributed by atoms with van der Waals surface area (Å²) in [5, 5.41) is 20.8. The first-order chi connectivity index (χ1) is 4.34. The topological polar surface area (TPSA) is 39.8 Å². The van der Waals surface area contributed by atoms with Crippen LogP contribution in [0.15, 0.2) is 24.3 Å². The van der Waals surface area contributed by atoms with Crippen LogP contribution in [0.2, 0.25) is 0 Å². The maximum Gasteiger partial charge on any atom is 0.184 e. The highest BCUT2D eigenvalue weighted by molar-refractivity contribution is 5.30. The lowest BCUT2D eigenvalue weighted by Gasteiger charge is -1.91. The van der Waals surface area contributed by atoms with Gasteiger partial charge in [0.05, 0.1) is 0 Å². The summed E-state index contributed by atoms with van der Waals surface area (Å²) in [5.41, 5.74) is 0.345. The van der Waals surface area contributed by atoms with Crippen molar-refractivity contribution >= 4 is 0 Å². The van der Waals surface area contributed by atoms with Gasteiger partial charge in [-0.15, -0.1) is 0 Å². The number of benzene rings is 1. The fraction of sp³-hybridized carbons (Fsp3) is 0.143. The molecule has 0 fully saturated rings. The number of para-hydroxylation sites is 1. The van der Waals surface area contributed by atoms with Gasteiger partial charge in [-0.1, -0.05) is 18.2 Å². The molecule has 0 N–H and O–H groups in total. The van der Waals surface area contributed by atoms with Gasteiger partial charge in [0.1, 0.15) is 6.61 Å². The summed E-state index contributed by atoms with van der Waals surface area (Å²) in [5.74, 6) is -0.160. The van der Waals surface area contributed by atoms with Crippen LogP contribution in [0.5, 0.6) is 5.75 Å². The minimum absolute atomic E-state index is 0.160. The molecule has 0 saturated heterocycles. The van der Waals surface area contributed by atoms with Crippen molar-refractivity contribution in [1.82, 2.24) is 0 Å². The first-order valence-electron chi connectivity index (χ1n) is 2.67. The molecule has 0 bridgehead atoms. The van der Waals surface area contributed by atoms with Crippen molar-refractivity contribution < 1.29 is 10.2 Å². The Bertz CT molecular complexity index is 196. The molecule has 0 aliphatic heterocycles. The molecule has 0 aliphatic carbocycles. The fourth-order valence-corrected chi connectivity index (χ4v) is 0.623. The van der Waals surface area contributed by atoms with Gasteiger partial charge >= 0.3 is 0 Å². The van der Waals surface area contributed by atoms with Crippen molar-refractivity contribution in [2.24, 2.45) is 0 Å². The van der Waals surface area contributed by atoms with Crippen molar-refractivity contribution in [3.63, 3.8) is 0 Å². The van der Waals surface area contributed by atoms with E-state index >= 15 is 0 Å². The van der Waals surface area contributed by atoms with Gasteiger partial charge in [-0.25, -0.2) is 5.11 Å². The Morgan fingerprint density at radius 1 is 1.22 bits per heavy atom. The molecule has 0 saturated carbocycles. The van der Waals surface area contributed by atoms with E-state index in [1.807, 2.05) is 0 Å². The van der Waals surface area contributed by atoms with Crippen LogP contribution in [0.25, 0.3) is 0 Å². The van der Waals surface area contributed by atoms with E-state index in [4.69, 9.17) is 0 Å². The third-order valence-corrected chi connectivity index (χ3v) is 1.13. The van der Waals surface area contributed by atoms with Crippen molar-refractivity contribution in [2.75, 3.05) is 0 Å².